The normalized spacial score (nSPS) is 11.4. The van der Waals surface area contributed by atoms with E-state index in [1.54, 1.807) is 6.92 Å². The van der Waals surface area contributed by atoms with Crippen molar-refractivity contribution in [2.75, 3.05) is 6.61 Å². The van der Waals surface area contributed by atoms with Gasteiger partial charge in [0, 0.05) is 6.42 Å². The summed E-state index contributed by atoms with van der Waals surface area (Å²) in [4.78, 5) is 43.2. The molecule has 0 rings (SSSR count). The number of rotatable bonds is 8. The predicted molar refractivity (Wildman–Crippen MR) is 57.7 cm³/mol. The molecule has 0 aromatic carbocycles. The molecule has 0 fully saturated rings. The lowest BCUT2D eigenvalue weighted by molar-refractivity contribution is -0.148. The molecule has 0 aliphatic heterocycles. The third-order valence-electron chi connectivity index (χ3n) is 1.87. The first kappa shape index (κ1) is 15.9. The minimum absolute atomic E-state index is 0.181. The van der Waals surface area contributed by atoms with Crippen molar-refractivity contribution in [1.82, 2.24) is 5.32 Å². The van der Waals surface area contributed by atoms with Gasteiger partial charge in [0.05, 0.1) is 19.4 Å². The lowest BCUT2D eigenvalue weighted by Crippen LogP contribution is -2.42. The minimum Gasteiger partial charge on any atom is -0.481 e. The number of carbonyl (C=O) groups is 4. The first-order valence-electron chi connectivity index (χ1n) is 5.26. The average molecular weight is 261 g/mol. The van der Waals surface area contributed by atoms with Crippen molar-refractivity contribution in [2.45, 2.75) is 32.2 Å². The molecule has 0 aromatic rings. The second-order valence-electron chi connectivity index (χ2n) is 3.36. The zero-order valence-corrected chi connectivity index (χ0v) is 9.84. The SMILES string of the molecule is CCOC(=O)CCC(=O)N[C@H](CC(=O)O)C(=O)O. The Morgan fingerprint density at radius 2 is 1.78 bits per heavy atom. The highest BCUT2D eigenvalue weighted by Crippen LogP contribution is 1.97. The van der Waals surface area contributed by atoms with E-state index in [-0.39, 0.29) is 19.4 Å². The van der Waals surface area contributed by atoms with E-state index in [1.807, 2.05) is 5.32 Å². The molecular weight excluding hydrogens is 246 g/mol. The number of nitrogens with one attached hydrogen (secondary N) is 1. The van der Waals surface area contributed by atoms with Crippen LogP contribution in [-0.4, -0.2) is 46.7 Å². The topological polar surface area (TPSA) is 130 Å². The van der Waals surface area contributed by atoms with E-state index in [1.165, 1.54) is 0 Å². The Labute approximate surface area is 103 Å². The van der Waals surface area contributed by atoms with Crippen LogP contribution in [0.1, 0.15) is 26.2 Å². The zero-order chi connectivity index (χ0) is 14.1. The summed E-state index contributed by atoms with van der Waals surface area (Å²) in [6.07, 6.45) is -1.15. The molecule has 1 atom stereocenters. The fraction of sp³-hybridized carbons (Fsp3) is 0.600. The number of hydrogen-bond acceptors (Lipinski definition) is 5. The van der Waals surface area contributed by atoms with Crippen LogP contribution < -0.4 is 5.32 Å². The van der Waals surface area contributed by atoms with Gasteiger partial charge in [-0.3, -0.25) is 14.4 Å². The van der Waals surface area contributed by atoms with Gasteiger partial charge >= 0.3 is 17.9 Å². The van der Waals surface area contributed by atoms with Crippen LogP contribution in [0.25, 0.3) is 0 Å². The van der Waals surface area contributed by atoms with Crippen LogP contribution in [0.4, 0.5) is 0 Å². The van der Waals surface area contributed by atoms with Crippen LogP contribution in [0.2, 0.25) is 0 Å². The molecule has 0 aliphatic carbocycles. The van der Waals surface area contributed by atoms with E-state index in [0.717, 1.165) is 0 Å². The highest BCUT2D eigenvalue weighted by Gasteiger charge is 2.23. The molecule has 0 spiro atoms. The van der Waals surface area contributed by atoms with Gasteiger partial charge in [0.2, 0.25) is 5.91 Å². The monoisotopic (exact) mass is 261 g/mol. The number of amides is 1. The third-order valence-corrected chi connectivity index (χ3v) is 1.87. The lowest BCUT2D eigenvalue weighted by atomic mass is 10.2. The molecule has 0 bridgehead atoms. The van der Waals surface area contributed by atoms with Crippen LogP contribution >= 0.6 is 0 Å². The molecule has 0 saturated carbocycles. The average Bonchev–Trinajstić information content (AvgIpc) is 2.25. The number of hydrogen-bond donors (Lipinski definition) is 3. The van der Waals surface area contributed by atoms with Gasteiger partial charge < -0.3 is 20.3 Å². The van der Waals surface area contributed by atoms with E-state index >= 15 is 0 Å². The standard InChI is InChI=1S/C10H15NO7/c1-2-18-9(15)4-3-7(12)11-6(10(16)17)5-8(13)14/h6H,2-5H2,1H3,(H,11,12)(H,13,14)(H,16,17)/t6-/m1/s1. The molecular formula is C10H15NO7. The van der Waals surface area contributed by atoms with E-state index in [9.17, 15) is 19.2 Å². The smallest absolute Gasteiger partial charge is 0.326 e. The summed E-state index contributed by atoms with van der Waals surface area (Å²) in [6, 6.07) is -1.50. The summed E-state index contributed by atoms with van der Waals surface area (Å²) in [5.41, 5.74) is 0. The lowest BCUT2D eigenvalue weighted by Gasteiger charge is -2.11. The highest BCUT2D eigenvalue weighted by atomic mass is 16.5. The molecule has 0 radical (unpaired) electrons. The molecule has 3 N–H and O–H groups in total. The van der Waals surface area contributed by atoms with Crippen LogP contribution in [0.15, 0.2) is 0 Å². The number of carboxylic acid groups (broad SMARTS) is 2. The molecule has 18 heavy (non-hydrogen) atoms. The van der Waals surface area contributed by atoms with E-state index in [2.05, 4.69) is 4.74 Å². The fourth-order valence-corrected chi connectivity index (χ4v) is 1.09. The Balaban J connectivity index is 4.14. The highest BCUT2D eigenvalue weighted by molar-refractivity contribution is 5.88. The van der Waals surface area contributed by atoms with Crippen molar-refractivity contribution in [3.8, 4) is 0 Å². The largest absolute Gasteiger partial charge is 0.481 e. The van der Waals surface area contributed by atoms with Crippen molar-refractivity contribution >= 4 is 23.8 Å². The van der Waals surface area contributed by atoms with Crippen LogP contribution in [-0.2, 0) is 23.9 Å². The van der Waals surface area contributed by atoms with Gasteiger partial charge in [-0.1, -0.05) is 0 Å². The van der Waals surface area contributed by atoms with Crippen molar-refractivity contribution in [3.05, 3.63) is 0 Å². The molecule has 102 valence electrons. The summed E-state index contributed by atoms with van der Waals surface area (Å²) in [7, 11) is 0. The number of ether oxygens (including phenoxy) is 1. The van der Waals surface area contributed by atoms with Crippen molar-refractivity contribution in [1.29, 1.82) is 0 Å². The number of aliphatic carboxylic acids is 2. The Kier molecular flexibility index (Phi) is 7.10. The second kappa shape index (κ2) is 8.04. The van der Waals surface area contributed by atoms with Gasteiger partial charge in [-0.15, -0.1) is 0 Å². The summed E-state index contributed by atoms with van der Waals surface area (Å²) < 4.78 is 4.58. The quantitative estimate of drug-likeness (QED) is 0.496. The first-order valence-corrected chi connectivity index (χ1v) is 5.26. The second-order valence-corrected chi connectivity index (χ2v) is 3.36. The van der Waals surface area contributed by atoms with Crippen LogP contribution in [0, 0.1) is 0 Å². The van der Waals surface area contributed by atoms with Gasteiger partial charge in [-0.2, -0.15) is 0 Å². The Hall–Kier alpha value is -2.12. The van der Waals surface area contributed by atoms with Gasteiger partial charge in [-0.25, -0.2) is 4.79 Å². The molecule has 0 aromatic heterocycles. The summed E-state index contributed by atoms with van der Waals surface area (Å²) in [6.45, 7) is 1.81. The maximum atomic E-state index is 11.3. The van der Waals surface area contributed by atoms with Gasteiger partial charge in [0.1, 0.15) is 6.04 Å². The zero-order valence-electron chi connectivity index (χ0n) is 9.84. The number of esters is 1. The predicted octanol–water partition coefficient (Wildman–Crippen LogP) is -0.626. The number of carbonyl (C=O) groups excluding carboxylic acids is 2. The Morgan fingerprint density at radius 1 is 1.17 bits per heavy atom. The molecule has 0 saturated heterocycles. The first-order chi connectivity index (χ1) is 8.36. The van der Waals surface area contributed by atoms with Gasteiger partial charge in [0.25, 0.3) is 0 Å². The molecule has 8 nitrogen and oxygen atoms in total. The maximum absolute atomic E-state index is 11.3. The maximum Gasteiger partial charge on any atom is 0.326 e. The van der Waals surface area contributed by atoms with Crippen LogP contribution in [0.3, 0.4) is 0 Å². The summed E-state index contributed by atoms with van der Waals surface area (Å²) in [5.74, 6) is -4.07. The molecule has 0 heterocycles. The van der Waals surface area contributed by atoms with Crippen LogP contribution in [0.5, 0.6) is 0 Å². The third kappa shape index (κ3) is 7.20. The van der Waals surface area contributed by atoms with Crippen molar-refractivity contribution in [3.63, 3.8) is 0 Å². The van der Waals surface area contributed by atoms with E-state index in [0.29, 0.717) is 0 Å². The van der Waals surface area contributed by atoms with Crippen molar-refractivity contribution in [2.24, 2.45) is 0 Å². The van der Waals surface area contributed by atoms with Crippen molar-refractivity contribution < 1.29 is 34.1 Å². The molecule has 0 unspecified atom stereocenters. The van der Waals surface area contributed by atoms with E-state index < -0.39 is 36.3 Å². The van der Waals surface area contributed by atoms with Gasteiger partial charge in [-0.05, 0) is 6.92 Å². The Morgan fingerprint density at radius 3 is 2.22 bits per heavy atom. The fourth-order valence-electron chi connectivity index (χ4n) is 1.09. The van der Waals surface area contributed by atoms with E-state index in [4.69, 9.17) is 10.2 Å². The number of carboxylic acids is 2. The molecule has 1 amide bonds. The molecule has 0 aliphatic rings. The van der Waals surface area contributed by atoms with Gasteiger partial charge in [0.15, 0.2) is 0 Å². The summed E-state index contributed by atoms with van der Waals surface area (Å²) in [5, 5.41) is 19.1. The minimum atomic E-state index is -1.50. The Bertz CT molecular complexity index is 339. The summed E-state index contributed by atoms with van der Waals surface area (Å²) >= 11 is 0. The molecule has 8 heteroatoms.